The first-order valence-corrected chi connectivity index (χ1v) is 7.22. The van der Waals surface area contributed by atoms with E-state index in [0.29, 0.717) is 10.2 Å². The van der Waals surface area contributed by atoms with Crippen LogP contribution in [-0.2, 0) is 4.79 Å². The minimum Gasteiger partial charge on any atom is -0.548 e. The molecule has 1 atom stereocenters. The van der Waals surface area contributed by atoms with Gasteiger partial charge >= 0.3 is 0 Å². The number of carboxylic acids is 1. The highest BCUT2D eigenvalue weighted by Crippen LogP contribution is 2.30. The molecule has 6 heteroatoms. The number of benzene rings is 1. The molecule has 0 spiro atoms. The summed E-state index contributed by atoms with van der Waals surface area (Å²) in [5.74, 6) is -1.31. The Morgan fingerprint density at radius 2 is 2.05 bits per heavy atom. The van der Waals surface area contributed by atoms with Crippen molar-refractivity contribution in [1.82, 2.24) is 9.55 Å². The van der Waals surface area contributed by atoms with Crippen LogP contribution in [0.4, 0.5) is 0 Å². The summed E-state index contributed by atoms with van der Waals surface area (Å²) in [6.07, 6.45) is 1.26. The first-order chi connectivity index (χ1) is 10.1. The van der Waals surface area contributed by atoms with Crippen LogP contribution in [0.15, 0.2) is 46.8 Å². The molecule has 0 saturated heterocycles. The van der Waals surface area contributed by atoms with Crippen LogP contribution >= 0.6 is 11.3 Å². The maximum atomic E-state index is 12.6. The summed E-state index contributed by atoms with van der Waals surface area (Å²) in [5, 5.41) is 13.3. The number of carbonyl (C=O) groups is 1. The van der Waals surface area contributed by atoms with Crippen LogP contribution in [0.25, 0.3) is 21.3 Å². The van der Waals surface area contributed by atoms with Crippen molar-refractivity contribution in [3.05, 3.63) is 52.4 Å². The third-order valence-electron chi connectivity index (χ3n) is 3.36. The van der Waals surface area contributed by atoms with Crippen LogP contribution in [0.2, 0.25) is 0 Å². The molecule has 0 radical (unpaired) electrons. The van der Waals surface area contributed by atoms with Gasteiger partial charge in [0.05, 0.1) is 23.7 Å². The van der Waals surface area contributed by atoms with E-state index in [0.717, 1.165) is 15.7 Å². The van der Waals surface area contributed by atoms with Crippen molar-refractivity contribution < 1.29 is 9.90 Å². The Kier molecular flexibility index (Phi) is 3.31. The highest BCUT2D eigenvalue weighted by atomic mass is 32.1. The highest BCUT2D eigenvalue weighted by Gasteiger charge is 2.16. The van der Waals surface area contributed by atoms with Gasteiger partial charge < -0.3 is 9.90 Å². The van der Waals surface area contributed by atoms with Gasteiger partial charge in [-0.25, -0.2) is 4.98 Å². The summed E-state index contributed by atoms with van der Waals surface area (Å²) < 4.78 is 1.09. The molecular weight excluding hydrogens is 288 g/mol. The van der Waals surface area contributed by atoms with Gasteiger partial charge in [-0.15, -0.1) is 11.3 Å². The first-order valence-electron chi connectivity index (χ1n) is 6.34. The molecule has 0 aliphatic rings. The largest absolute Gasteiger partial charge is 0.548 e. The first kappa shape index (κ1) is 13.5. The van der Waals surface area contributed by atoms with Gasteiger partial charge in [-0.05, 0) is 12.5 Å². The van der Waals surface area contributed by atoms with Gasteiger partial charge in [0.2, 0.25) is 0 Å². The third-order valence-corrected chi connectivity index (χ3v) is 4.25. The zero-order valence-electron chi connectivity index (χ0n) is 11.1. The zero-order chi connectivity index (χ0) is 15.0. The standard InChI is InChI=1S/C15H12N2O3S/c1-9(15(19)20)17-8-16-13-12(14(17)18)11(7-21-13)10-5-3-2-4-6-10/h2-9H,1H3,(H,19,20)/p-1. The number of thiophene rings is 1. The normalized spacial score (nSPS) is 12.4. The van der Waals surface area contributed by atoms with E-state index >= 15 is 0 Å². The lowest BCUT2D eigenvalue weighted by Crippen LogP contribution is -2.36. The lowest BCUT2D eigenvalue weighted by Gasteiger charge is -2.15. The molecule has 0 N–H and O–H groups in total. The number of carbonyl (C=O) groups excluding carboxylic acids is 1. The SMILES string of the molecule is CC(C(=O)[O-])n1cnc2scc(-c3ccccc3)c2c1=O. The number of carboxylic acid groups (broad SMARTS) is 1. The molecule has 106 valence electrons. The van der Waals surface area contributed by atoms with Gasteiger partial charge in [-0.2, -0.15) is 0 Å². The maximum Gasteiger partial charge on any atom is 0.263 e. The van der Waals surface area contributed by atoms with E-state index in [1.165, 1.54) is 24.6 Å². The molecule has 1 aromatic carbocycles. The number of aromatic nitrogens is 2. The fourth-order valence-electron chi connectivity index (χ4n) is 2.17. The number of hydrogen-bond acceptors (Lipinski definition) is 5. The van der Waals surface area contributed by atoms with Crippen molar-refractivity contribution in [2.45, 2.75) is 13.0 Å². The van der Waals surface area contributed by atoms with Gasteiger partial charge in [-0.1, -0.05) is 30.3 Å². The molecule has 21 heavy (non-hydrogen) atoms. The Morgan fingerprint density at radius 1 is 1.33 bits per heavy atom. The van der Waals surface area contributed by atoms with Gasteiger partial charge in [0.15, 0.2) is 0 Å². The summed E-state index contributed by atoms with van der Waals surface area (Å²) >= 11 is 1.36. The number of fused-ring (bicyclic) bond motifs is 1. The van der Waals surface area contributed by atoms with E-state index in [1.807, 2.05) is 35.7 Å². The van der Waals surface area contributed by atoms with Crippen LogP contribution in [0.1, 0.15) is 13.0 Å². The Hall–Kier alpha value is -2.47. The number of hydrogen-bond donors (Lipinski definition) is 0. The average molecular weight is 299 g/mol. The molecule has 0 bridgehead atoms. The monoisotopic (exact) mass is 299 g/mol. The Balaban J connectivity index is 2.28. The molecule has 1 unspecified atom stereocenters. The predicted octanol–water partition coefficient (Wildman–Crippen LogP) is 1.44. The van der Waals surface area contributed by atoms with Crippen LogP contribution in [0, 0.1) is 0 Å². The number of aliphatic carboxylic acids is 1. The Morgan fingerprint density at radius 3 is 2.71 bits per heavy atom. The summed E-state index contributed by atoms with van der Waals surface area (Å²) in [6, 6.07) is 8.42. The summed E-state index contributed by atoms with van der Waals surface area (Å²) in [5.41, 5.74) is 1.31. The minimum atomic E-state index is -1.31. The Labute approximate surface area is 124 Å². The van der Waals surface area contributed by atoms with Crippen molar-refractivity contribution in [2.24, 2.45) is 0 Å². The quantitative estimate of drug-likeness (QED) is 0.733. The van der Waals surface area contributed by atoms with Crippen LogP contribution in [-0.4, -0.2) is 15.5 Å². The molecule has 2 aromatic heterocycles. The van der Waals surface area contributed by atoms with Gasteiger partial charge in [0.1, 0.15) is 4.83 Å². The van der Waals surface area contributed by atoms with E-state index in [-0.39, 0.29) is 5.56 Å². The Bertz CT molecular complexity index is 868. The molecule has 2 heterocycles. The van der Waals surface area contributed by atoms with E-state index in [2.05, 4.69) is 4.98 Å². The molecule has 0 fully saturated rings. The van der Waals surface area contributed by atoms with E-state index in [4.69, 9.17) is 0 Å². The molecule has 3 aromatic rings. The number of nitrogens with zero attached hydrogens (tertiary/aromatic N) is 2. The van der Waals surface area contributed by atoms with Crippen LogP contribution in [0.3, 0.4) is 0 Å². The van der Waals surface area contributed by atoms with Crippen molar-refractivity contribution in [3.8, 4) is 11.1 Å². The molecule has 0 aliphatic carbocycles. The van der Waals surface area contributed by atoms with Crippen molar-refractivity contribution in [3.63, 3.8) is 0 Å². The lowest BCUT2D eigenvalue weighted by molar-refractivity contribution is -0.309. The summed E-state index contributed by atoms with van der Waals surface area (Å²) in [6.45, 7) is 1.40. The van der Waals surface area contributed by atoms with Crippen molar-refractivity contribution >= 4 is 27.5 Å². The van der Waals surface area contributed by atoms with Crippen LogP contribution < -0.4 is 10.7 Å². The topological polar surface area (TPSA) is 75.0 Å². The minimum absolute atomic E-state index is 0.364. The van der Waals surface area contributed by atoms with E-state index in [1.54, 1.807) is 0 Å². The molecule has 0 amide bonds. The highest BCUT2D eigenvalue weighted by molar-refractivity contribution is 7.17. The fourth-order valence-corrected chi connectivity index (χ4v) is 3.07. The smallest absolute Gasteiger partial charge is 0.263 e. The molecular formula is C15H11N2O3S-. The zero-order valence-corrected chi connectivity index (χ0v) is 12.0. The maximum absolute atomic E-state index is 12.6. The second-order valence-electron chi connectivity index (χ2n) is 4.65. The van der Waals surface area contributed by atoms with Gasteiger partial charge in [-0.3, -0.25) is 9.36 Å². The second-order valence-corrected chi connectivity index (χ2v) is 5.51. The summed E-state index contributed by atoms with van der Waals surface area (Å²) in [7, 11) is 0. The predicted molar refractivity (Wildman–Crippen MR) is 79.0 cm³/mol. The average Bonchev–Trinajstić information content (AvgIpc) is 2.92. The van der Waals surface area contributed by atoms with Crippen LogP contribution in [0.5, 0.6) is 0 Å². The summed E-state index contributed by atoms with van der Waals surface area (Å²) in [4.78, 5) is 28.3. The van der Waals surface area contributed by atoms with Crippen molar-refractivity contribution in [1.29, 1.82) is 0 Å². The molecule has 0 aliphatic heterocycles. The van der Waals surface area contributed by atoms with Gasteiger partial charge in [0, 0.05) is 10.9 Å². The molecule has 3 rings (SSSR count). The van der Waals surface area contributed by atoms with Gasteiger partial charge in [0.25, 0.3) is 5.56 Å². The fraction of sp³-hybridized carbons (Fsp3) is 0.133. The second kappa shape index (κ2) is 5.14. The molecule has 5 nitrogen and oxygen atoms in total. The van der Waals surface area contributed by atoms with Crippen molar-refractivity contribution in [2.75, 3.05) is 0 Å². The number of rotatable bonds is 3. The molecule has 0 saturated carbocycles. The van der Waals surface area contributed by atoms with E-state index < -0.39 is 12.0 Å². The third kappa shape index (κ3) is 2.23. The lowest BCUT2D eigenvalue weighted by atomic mass is 10.1. The van der Waals surface area contributed by atoms with E-state index in [9.17, 15) is 14.7 Å².